The minimum Gasteiger partial charge on any atom is -0.373 e. The van der Waals surface area contributed by atoms with Gasteiger partial charge < -0.3 is 19.5 Å². The summed E-state index contributed by atoms with van der Waals surface area (Å²) in [7, 11) is 4.07. The Labute approximate surface area is 155 Å². The number of aromatic nitrogens is 1. The number of hydrogen-bond acceptors (Lipinski definition) is 3. The topological polar surface area (TPSA) is 45.0 Å². The largest absolute Gasteiger partial charge is 0.373 e. The number of hydrogen-bond donors (Lipinski definition) is 1. The number of guanidine groups is 1. The number of rotatable bonds is 5. The molecule has 2 aliphatic heterocycles. The Bertz CT molecular complexity index is 602. The van der Waals surface area contributed by atoms with E-state index in [0.717, 1.165) is 42.9 Å². The molecule has 25 heavy (non-hydrogen) atoms. The summed E-state index contributed by atoms with van der Waals surface area (Å²) in [5.74, 6) is 0.909. The van der Waals surface area contributed by atoms with Crippen molar-refractivity contribution in [2.24, 2.45) is 12.0 Å². The van der Waals surface area contributed by atoms with E-state index in [0.29, 0.717) is 12.6 Å². The second-order valence-corrected chi connectivity index (χ2v) is 7.49. The molecule has 2 saturated heterocycles. The molecule has 0 aromatic carbocycles. The number of ether oxygens (including phenoxy) is 1. The molecule has 3 heterocycles. The van der Waals surface area contributed by atoms with Crippen molar-refractivity contribution in [1.29, 1.82) is 0 Å². The van der Waals surface area contributed by atoms with E-state index in [1.807, 2.05) is 19.3 Å². The van der Waals surface area contributed by atoms with Crippen molar-refractivity contribution in [2.75, 3.05) is 39.8 Å². The third-order valence-corrected chi connectivity index (χ3v) is 5.28. The molecule has 7 heteroatoms. The minimum atomic E-state index is 0.195. The second-order valence-electron chi connectivity index (χ2n) is 7.06. The molecule has 0 radical (unpaired) electrons. The van der Waals surface area contributed by atoms with E-state index >= 15 is 0 Å². The summed E-state index contributed by atoms with van der Waals surface area (Å²) in [5, 5.41) is 4.15. The SMILES string of the molecule is CCNC(=NCC1CN2CCCC2CO1)N(C)Cc1cc(Cl)cn1C. The summed E-state index contributed by atoms with van der Waals surface area (Å²) in [5.41, 5.74) is 1.16. The summed E-state index contributed by atoms with van der Waals surface area (Å²) in [6.45, 7) is 7.46. The van der Waals surface area contributed by atoms with Crippen molar-refractivity contribution >= 4 is 17.6 Å². The molecule has 0 aliphatic carbocycles. The average Bonchev–Trinajstić information content (AvgIpc) is 3.17. The Kier molecular flexibility index (Phi) is 6.25. The minimum absolute atomic E-state index is 0.195. The van der Waals surface area contributed by atoms with E-state index in [4.69, 9.17) is 21.3 Å². The first-order valence-electron chi connectivity index (χ1n) is 9.22. The molecule has 1 aromatic rings. The highest BCUT2D eigenvalue weighted by Crippen LogP contribution is 2.22. The van der Waals surface area contributed by atoms with Gasteiger partial charge in [0, 0.05) is 45.1 Å². The van der Waals surface area contributed by atoms with Gasteiger partial charge in [0.05, 0.1) is 30.8 Å². The van der Waals surface area contributed by atoms with Gasteiger partial charge in [-0.25, -0.2) is 0 Å². The number of halogens is 1. The Morgan fingerprint density at radius 3 is 3.08 bits per heavy atom. The second kappa shape index (κ2) is 8.43. The highest BCUT2D eigenvalue weighted by molar-refractivity contribution is 6.30. The fourth-order valence-corrected chi connectivity index (χ4v) is 3.97. The summed E-state index contributed by atoms with van der Waals surface area (Å²) < 4.78 is 8.08. The normalized spacial score (nSPS) is 24.4. The zero-order valence-corrected chi connectivity index (χ0v) is 16.3. The number of fused-ring (bicyclic) bond motifs is 1. The lowest BCUT2D eigenvalue weighted by Gasteiger charge is -2.34. The van der Waals surface area contributed by atoms with Crippen LogP contribution in [0.2, 0.25) is 5.02 Å². The van der Waals surface area contributed by atoms with Gasteiger partial charge in [0.2, 0.25) is 0 Å². The first-order valence-corrected chi connectivity index (χ1v) is 9.60. The van der Waals surface area contributed by atoms with Crippen LogP contribution in [0.3, 0.4) is 0 Å². The van der Waals surface area contributed by atoms with Crippen molar-refractivity contribution in [3.05, 3.63) is 23.0 Å². The van der Waals surface area contributed by atoms with Crippen molar-refractivity contribution in [1.82, 2.24) is 19.7 Å². The molecule has 6 nitrogen and oxygen atoms in total. The van der Waals surface area contributed by atoms with Gasteiger partial charge in [0.15, 0.2) is 5.96 Å². The average molecular weight is 368 g/mol. The molecule has 3 rings (SSSR count). The van der Waals surface area contributed by atoms with Crippen LogP contribution in [0.4, 0.5) is 0 Å². The molecule has 2 atom stereocenters. The maximum atomic E-state index is 6.09. The first kappa shape index (κ1) is 18.5. The monoisotopic (exact) mass is 367 g/mol. The quantitative estimate of drug-likeness (QED) is 0.638. The van der Waals surface area contributed by atoms with Gasteiger partial charge >= 0.3 is 0 Å². The molecule has 0 saturated carbocycles. The smallest absolute Gasteiger partial charge is 0.194 e. The molecule has 0 bridgehead atoms. The predicted molar refractivity (Wildman–Crippen MR) is 102 cm³/mol. The molecule has 2 aliphatic rings. The van der Waals surface area contributed by atoms with Crippen LogP contribution in [0.15, 0.2) is 17.3 Å². The Balaban J connectivity index is 1.59. The van der Waals surface area contributed by atoms with Gasteiger partial charge in [0.1, 0.15) is 0 Å². The number of nitrogens with one attached hydrogen (secondary N) is 1. The molecular formula is C18H30ClN5O. The van der Waals surface area contributed by atoms with Gasteiger partial charge in [-0.05, 0) is 32.4 Å². The molecule has 1 N–H and O–H groups in total. The summed E-state index contributed by atoms with van der Waals surface area (Å²) in [6.07, 6.45) is 4.70. The standard InChI is InChI=1S/C18H30ClN5O/c1-4-20-18(23(3)11-16-8-14(19)10-22(16)2)21-9-17-12-24-7-5-6-15(24)13-25-17/h8,10,15,17H,4-7,9,11-13H2,1-3H3,(H,20,21). The lowest BCUT2D eigenvalue weighted by Crippen LogP contribution is -2.47. The van der Waals surface area contributed by atoms with Crippen molar-refractivity contribution in [2.45, 2.75) is 38.5 Å². The molecule has 2 unspecified atom stereocenters. The van der Waals surface area contributed by atoms with Crippen LogP contribution >= 0.6 is 11.6 Å². The van der Waals surface area contributed by atoms with E-state index in [1.165, 1.54) is 19.4 Å². The lowest BCUT2D eigenvalue weighted by atomic mass is 10.2. The fourth-order valence-electron chi connectivity index (χ4n) is 3.70. The fraction of sp³-hybridized carbons (Fsp3) is 0.722. The van der Waals surface area contributed by atoms with Crippen LogP contribution in [0.25, 0.3) is 0 Å². The number of aryl methyl sites for hydroxylation is 1. The maximum Gasteiger partial charge on any atom is 0.194 e. The van der Waals surface area contributed by atoms with Crippen molar-refractivity contribution in [3.63, 3.8) is 0 Å². The third-order valence-electron chi connectivity index (χ3n) is 5.08. The third kappa shape index (κ3) is 4.68. The van der Waals surface area contributed by atoms with Gasteiger partial charge in [0.25, 0.3) is 0 Å². The number of aliphatic imine (C=N–C) groups is 1. The molecule has 2 fully saturated rings. The summed E-state index contributed by atoms with van der Waals surface area (Å²) in [4.78, 5) is 9.52. The highest BCUT2D eigenvalue weighted by atomic mass is 35.5. The zero-order valence-electron chi connectivity index (χ0n) is 15.5. The van der Waals surface area contributed by atoms with E-state index in [1.54, 1.807) is 0 Å². The highest BCUT2D eigenvalue weighted by Gasteiger charge is 2.32. The van der Waals surface area contributed by atoms with Crippen LogP contribution in [0, 0.1) is 0 Å². The van der Waals surface area contributed by atoms with Crippen molar-refractivity contribution in [3.8, 4) is 0 Å². The molecule has 1 aromatic heterocycles. The Morgan fingerprint density at radius 2 is 2.36 bits per heavy atom. The molecule has 140 valence electrons. The molecular weight excluding hydrogens is 338 g/mol. The first-order chi connectivity index (χ1) is 12.1. The predicted octanol–water partition coefficient (Wildman–Crippen LogP) is 1.94. The Morgan fingerprint density at radius 1 is 1.52 bits per heavy atom. The number of morpholine rings is 1. The van der Waals surface area contributed by atoms with Gasteiger partial charge in [-0.15, -0.1) is 0 Å². The summed E-state index contributed by atoms with van der Waals surface area (Å²) >= 11 is 6.09. The zero-order chi connectivity index (χ0) is 17.8. The Hall–Kier alpha value is -1.24. The van der Waals surface area contributed by atoms with Crippen molar-refractivity contribution < 1.29 is 4.74 Å². The van der Waals surface area contributed by atoms with Crippen LogP contribution in [0.5, 0.6) is 0 Å². The maximum absolute atomic E-state index is 6.09. The number of nitrogens with zero attached hydrogens (tertiary/aromatic N) is 4. The van der Waals surface area contributed by atoms with Gasteiger partial charge in [-0.1, -0.05) is 11.6 Å². The molecule has 0 amide bonds. The van der Waals surface area contributed by atoms with E-state index in [-0.39, 0.29) is 6.10 Å². The van der Waals surface area contributed by atoms with E-state index in [2.05, 4.69) is 33.7 Å². The van der Waals surface area contributed by atoms with Crippen LogP contribution in [-0.4, -0.2) is 72.3 Å². The van der Waals surface area contributed by atoms with Gasteiger partial charge in [-0.2, -0.15) is 0 Å². The van der Waals surface area contributed by atoms with Crippen LogP contribution < -0.4 is 5.32 Å². The van der Waals surface area contributed by atoms with Crippen LogP contribution in [0.1, 0.15) is 25.5 Å². The lowest BCUT2D eigenvalue weighted by molar-refractivity contribution is -0.0432. The van der Waals surface area contributed by atoms with Gasteiger partial charge in [-0.3, -0.25) is 9.89 Å². The summed E-state index contributed by atoms with van der Waals surface area (Å²) in [6, 6.07) is 2.64. The molecule has 0 spiro atoms. The van der Waals surface area contributed by atoms with Crippen LogP contribution in [-0.2, 0) is 18.3 Å². The van der Waals surface area contributed by atoms with E-state index < -0.39 is 0 Å². The van der Waals surface area contributed by atoms with E-state index in [9.17, 15) is 0 Å².